The normalized spacial score (nSPS) is 10.8. The molecule has 0 aliphatic rings. The molecule has 0 heterocycles. The minimum atomic E-state index is -0.0362. The Morgan fingerprint density at radius 2 is 1.92 bits per heavy atom. The van der Waals surface area contributed by atoms with Gasteiger partial charge in [-0.25, -0.2) is 0 Å². The van der Waals surface area contributed by atoms with Crippen LogP contribution in [0.5, 0.6) is 0 Å². The second kappa shape index (κ2) is 9.30. The number of hydrogen-bond donors (Lipinski definition) is 1. The lowest BCUT2D eigenvalue weighted by molar-refractivity contribution is -0.118. The van der Waals surface area contributed by atoms with Crippen molar-refractivity contribution in [3.63, 3.8) is 0 Å². The number of carbonyl (C=O) groups is 1. The Morgan fingerprint density at radius 1 is 1.46 bits per heavy atom. The van der Waals surface area contributed by atoms with Crippen LogP contribution in [0.2, 0.25) is 0 Å². The van der Waals surface area contributed by atoms with Crippen LogP contribution in [0.3, 0.4) is 0 Å². The predicted octanol–water partition coefficient (Wildman–Crippen LogP) is 2.89. The molecule has 1 amide bonds. The van der Waals surface area contributed by atoms with E-state index in [2.05, 4.69) is 18.8 Å². The standard InChI is InChI=1S/C9H17NO.C2H6/c1-5-6-8(4)10-9(11)7(2)3;1-2/h8H,2,5-6H2,1,3-4H3,(H,10,11);1-2H3. The van der Waals surface area contributed by atoms with Crippen molar-refractivity contribution in [3.8, 4) is 0 Å². The Hall–Kier alpha value is -0.790. The van der Waals surface area contributed by atoms with Crippen molar-refractivity contribution in [2.75, 3.05) is 0 Å². The summed E-state index contributed by atoms with van der Waals surface area (Å²) in [6, 6.07) is 0.268. The highest BCUT2D eigenvalue weighted by Gasteiger charge is 2.05. The summed E-state index contributed by atoms with van der Waals surface area (Å²) < 4.78 is 0. The molecular formula is C11H23NO. The molecule has 0 aromatic carbocycles. The highest BCUT2D eigenvalue weighted by molar-refractivity contribution is 5.92. The van der Waals surface area contributed by atoms with Gasteiger partial charge in [-0.15, -0.1) is 0 Å². The molecule has 0 spiro atoms. The van der Waals surface area contributed by atoms with E-state index >= 15 is 0 Å². The fourth-order valence-electron chi connectivity index (χ4n) is 0.852. The van der Waals surface area contributed by atoms with E-state index in [1.54, 1.807) is 6.92 Å². The summed E-state index contributed by atoms with van der Waals surface area (Å²) in [6.45, 7) is 13.4. The molecule has 0 aromatic heterocycles. The van der Waals surface area contributed by atoms with Gasteiger partial charge >= 0.3 is 0 Å². The summed E-state index contributed by atoms with van der Waals surface area (Å²) >= 11 is 0. The molecule has 0 fully saturated rings. The quantitative estimate of drug-likeness (QED) is 0.670. The van der Waals surface area contributed by atoms with Gasteiger partial charge in [-0.3, -0.25) is 4.79 Å². The van der Waals surface area contributed by atoms with E-state index in [1.807, 2.05) is 20.8 Å². The molecule has 0 saturated carbocycles. The maximum Gasteiger partial charge on any atom is 0.246 e. The smallest absolute Gasteiger partial charge is 0.246 e. The van der Waals surface area contributed by atoms with Crippen molar-refractivity contribution in [1.82, 2.24) is 5.32 Å². The average molecular weight is 185 g/mol. The Morgan fingerprint density at radius 3 is 2.23 bits per heavy atom. The van der Waals surface area contributed by atoms with Crippen LogP contribution in [0.15, 0.2) is 12.2 Å². The SMILES string of the molecule is C=C(C)C(=O)NC(C)CCC.CC. The van der Waals surface area contributed by atoms with E-state index in [9.17, 15) is 4.79 Å². The molecule has 13 heavy (non-hydrogen) atoms. The van der Waals surface area contributed by atoms with E-state index in [4.69, 9.17) is 0 Å². The highest BCUT2D eigenvalue weighted by Crippen LogP contribution is 1.96. The first-order valence-corrected chi connectivity index (χ1v) is 5.04. The van der Waals surface area contributed by atoms with E-state index < -0.39 is 0 Å². The van der Waals surface area contributed by atoms with Crippen molar-refractivity contribution in [2.24, 2.45) is 0 Å². The Balaban J connectivity index is 0. The van der Waals surface area contributed by atoms with E-state index in [0.29, 0.717) is 5.57 Å². The van der Waals surface area contributed by atoms with Gasteiger partial charge in [-0.05, 0) is 20.3 Å². The number of rotatable bonds is 4. The summed E-state index contributed by atoms with van der Waals surface area (Å²) in [4.78, 5) is 11.0. The average Bonchev–Trinajstić information content (AvgIpc) is 2.08. The zero-order chi connectivity index (χ0) is 10.9. The summed E-state index contributed by atoms with van der Waals surface area (Å²) in [5, 5.41) is 2.84. The van der Waals surface area contributed by atoms with E-state index in [0.717, 1.165) is 12.8 Å². The first-order chi connectivity index (χ1) is 6.07. The molecule has 0 aliphatic carbocycles. The topological polar surface area (TPSA) is 29.1 Å². The maximum atomic E-state index is 11.0. The second-order valence-electron chi connectivity index (χ2n) is 2.94. The van der Waals surface area contributed by atoms with Crippen molar-refractivity contribution in [1.29, 1.82) is 0 Å². The Labute approximate surface area is 82.4 Å². The molecule has 0 aliphatic heterocycles. The third-order valence-corrected chi connectivity index (χ3v) is 1.49. The number of nitrogens with one attached hydrogen (secondary N) is 1. The zero-order valence-electron chi connectivity index (χ0n) is 9.61. The number of carbonyl (C=O) groups excluding carboxylic acids is 1. The highest BCUT2D eigenvalue weighted by atomic mass is 16.1. The van der Waals surface area contributed by atoms with Crippen LogP contribution in [0.25, 0.3) is 0 Å². The fourth-order valence-corrected chi connectivity index (χ4v) is 0.852. The first kappa shape index (κ1) is 14.7. The zero-order valence-corrected chi connectivity index (χ0v) is 9.61. The molecule has 78 valence electrons. The van der Waals surface area contributed by atoms with Crippen LogP contribution in [-0.4, -0.2) is 11.9 Å². The maximum absolute atomic E-state index is 11.0. The summed E-state index contributed by atoms with van der Waals surface area (Å²) in [5.41, 5.74) is 0.577. The second-order valence-corrected chi connectivity index (χ2v) is 2.94. The Bertz CT molecular complexity index is 152. The molecule has 2 nitrogen and oxygen atoms in total. The molecule has 0 aromatic rings. The van der Waals surface area contributed by atoms with Crippen LogP contribution < -0.4 is 5.32 Å². The van der Waals surface area contributed by atoms with Gasteiger partial charge in [-0.1, -0.05) is 33.8 Å². The predicted molar refractivity (Wildman–Crippen MR) is 58.7 cm³/mol. The van der Waals surface area contributed by atoms with Gasteiger partial charge in [0.25, 0.3) is 0 Å². The number of hydrogen-bond acceptors (Lipinski definition) is 1. The number of amides is 1. The first-order valence-electron chi connectivity index (χ1n) is 5.04. The minimum absolute atomic E-state index is 0.0362. The molecule has 1 N–H and O–H groups in total. The fraction of sp³-hybridized carbons (Fsp3) is 0.727. The van der Waals surface area contributed by atoms with Crippen LogP contribution >= 0.6 is 0 Å². The van der Waals surface area contributed by atoms with Gasteiger partial charge in [-0.2, -0.15) is 0 Å². The van der Waals surface area contributed by atoms with Gasteiger partial charge in [0.2, 0.25) is 5.91 Å². The van der Waals surface area contributed by atoms with Crippen LogP contribution in [0.4, 0.5) is 0 Å². The summed E-state index contributed by atoms with van der Waals surface area (Å²) in [7, 11) is 0. The molecular weight excluding hydrogens is 162 g/mol. The molecule has 1 unspecified atom stereocenters. The summed E-state index contributed by atoms with van der Waals surface area (Å²) in [5.74, 6) is -0.0362. The van der Waals surface area contributed by atoms with Crippen LogP contribution in [-0.2, 0) is 4.79 Å². The van der Waals surface area contributed by atoms with Crippen LogP contribution in [0.1, 0.15) is 47.5 Å². The molecule has 2 heteroatoms. The molecule has 0 bridgehead atoms. The van der Waals surface area contributed by atoms with E-state index in [-0.39, 0.29) is 11.9 Å². The molecule has 0 rings (SSSR count). The minimum Gasteiger partial charge on any atom is -0.350 e. The van der Waals surface area contributed by atoms with Gasteiger partial charge in [0.15, 0.2) is 0 Å². The molecule has 1 atom stereocenters. The van der Waals surface area contributed by atoms with Crippen molar-refractivity contribution in [2.45, 2.75) is 53.5 Å². The lowest BCUT2D eigenvalue weighted by atomic mass is 10.2. The third-order valence-electron chi connectivity index (χ3n) is 1.49. The Kier molecular flexibility index (Phi) is 10.5. The third kappa shape index (κ3) is 9.12. The van der Waals surface area contributed by atoms with Crippen LogP contribution in [0, 0.1) is 0 Å². The van der Waals surface area contributed by atoms with Gasteiger partial charge in [0.1, 0.15) is 0 Å². The molecule has 0 saturated heterocycles. The lowest BCUT2D eigenvalue weighted by Gasteiger charge is -2.11. The lowest BCUT2D eigenvalue weighted by Crippen LogP contribution is -2.32. The monoisotopic (exact) mass is 185 g/mol. The van der Waals surface area contributed by atoms with E-state index in [1.165, 1.54) is 0 Å². The van der Waals surface area contributed by atoms with Gasteiger partial charge < -0.3 is 5.32 Å². The van der Waals surface area contributed by atoms with Gasteiger partial charge in [0.05, 0.1) is 0 Å². The van der Waals surface area contributed by atoms with Crippen molar-refractivity contribution >= 4 is 5.91 Å². The summed E-state index contributed by atoms with van der Waals surface area (Å²) in [6.07, 6.45) is 2.12. The van der Waals surface area contributed by atoms with Crippen molar-refractivity contribution in [3.05, 3.63) is 12.2 Å². The largest absolute Gasteiger partial charge is 0.350 e. The van der Waals surface area contributed by atoms with Crippen molar-refractivity contribution < 1.29 is 4.79 Å². The molecule has 0 radical (unpaired) electrons. The van der Waals surface area contributed by atoms with Gasteiger partial charge in [0, 0.05) is 11.6 Å².